The van der Waals surface area contributed by atoms with Crippen molar-refractivity contribution in [3.8, 4) is 0 Å². The topological polar surface area (TPSA) is 99.2 Å². The summed E-state index contributed by atoms with van der Waals surface area (Å²) in [7, 11) is -4.09. The number of hydrogen-bond acceptors (Lipinski definition) is 6. The molecule has 0 bridgehead atoms. The largest absolute Gasteiger partial charge is 0.443 e. The second kappa shape index (κ2) is 6.80. The minimum absolute atomic E-state index is 0.126. The lowest BCUT2D eigenvalue weighted by Crippen LogP contribution is -2.57. The highest BCUT2D eigenvalue weighted by atomic mass is 32.2. The summed E-state index contributed by atoms with van der Waals surface area (Å²) in [5, 5.41) is 8.95. The van der Waals surface area contributed by atoms with Crippen LogP contribution in [0.5, 0.6) is 0 Å². The first-order valence-electron chi connectivity index (χ1n) is 8.97. The average molecular weight is 381 g/mol. The smallest absolute Gasteiger partial charge is 0.426 e. The van der Waals surface area contributed by atoms with Crippen LogP contribution in [0.15, 0.2) is 24.3 Å². The quantitative estimate of drug-likeness (QED) is 0.798. The van der Waals surface area contributed by atoms with Gasteiger partial charge in [-0.25, -0.2) is 4.79 Å². The third-order valence-corrected chi connectivity index (χ3v) is 6.85. The molecule has 1 aromatic carbocycles. The molecule has 1 amide bonds. The minimum Gasteiger partial charge on any atom is -0.443 e. The van der Waals surface area contributed by atoms with Gasteiger partial charge in [0.1, 0.15) is 12.3 Å². The Morgan fingerprint density at radius 2 is 2.08 bits per heavy atom. The van der Waals surface area contributed by atoms with E-state index in [9.17, 15) is 13.2 Å². The van der Waals surface area contributed by atoms with E-state index in [1.807, 2.05) is 24.3 Å². The van der Waals surface area contributed by atoms with Gasteiger partial charge in [-0.1, -0.05) is 24.3 Å². The highest BCUT2D eigenvalue weighted by Crippen LogP contribution is 2.43. The molecule has 142 valence electrons. The van der Waals surface area contributed by atoms with Gasteiger partial charge in [-0.05, 0) is 30.4 Å². The van der Waals surface area contributed by atoms with Crippen LogP contribution in [0, 0.1) is 0 Å². The van der Waals surface area contributed by atoms with Gasteiger partial charge in [-0.3, -0.25) is 4.90 Å². The Bertz CT molecular complexity index is 799. The van der Waals surface area contributed by atoms with Crippen molar-refractivity contribution in [3.63, 3.8) is 0 Å². The van der Waals surface area contributed by atoms with E-state index >= 15 is 0 Å². The van der Waals surface area contributed by atoms with Crippen molar-refractivity contribution in [3.05, 3.63) is 35.4 Å². The van der Waals surface area contributed by atoms with Crippen LogP contribution in [0.1, 0.15) is 36.4 Å². The Morgan fingerprint density at radius 1 is 1.27 bits per heavy atom. The molecule has 3 aliphatic rings. The Labute approximate surface area is 152 Å². The van der Waals surface area contributed by atoms with Gasteiger partial charge in [0, 0.05) is 19.5 Å². The fourth-order valence-electron chi connectivity index (χ4n) is 4.35. The first-order valence-corrected chi connectivity index (χ1v) is 10.4. The van der Waals surface area contributed by atoms with Crippen molar-refractivity contribution in [2.24, 2.45) is 0 Å². The minimum atomic E-state index is -4.09. The fraction of sp³-hybridized carbons (Fsp3) is 0.588. The summed E-state index contributed by atoms with van der Waals surface area (Å²) >= 11 is 0. The molecule has 1 aromatic rings. The Hall–Kier alpha value is -1.68. The number of carbonyl (C=O) groups excluding carboxylic acids is 1. The summed E-state index contributed by atoms with van der Waals surface area (Å²) in [6.45, 7) is 0.229. The van der Waals surface area contributed by atoms with Gasteiger partial charge in [0.15, 0.2) is 0 Å². The highest BCUT2D eigenvalue weighted by Gasteiger charge is 2.51. The molecule has 2 aliphatic heterocycles. The number of nitrogens with one attached hydrogen (secondary N) is 1. The molecule has 1 aliphatic carbocycles. The molecule has 0 spiro atoms. The molecule has 3 atom stereocenters. The average Bonchev–Trinajstić information content (AvgIpc) is 2.92. The van der Waals surface area contributed by atoms with Crippen LogP contribution in [-0.2, 0) is 21.4 Å². The summed E-state index contributed by atoms with van der Waals surface area (Å²) in [5.41, 5.74) is 2.26. The van der Waals surface area contributed by atoms with Crippen molar-refractivity contribution < 1.29 is 23.1 Å². The van der Waals surface area contributed by atoms with Gasteiger partial charge in [-0.15, -0.1) is 0 Å². The Morgan fingerprint density at radius 3 is 2.88 bits per heavy atom. The molecule has 0 aromatic heterocycles. The zero-order valence-electron chi connectivity index (χ0n) is 14.4. The van der Waals surface area contributed by atoms with Crippen molar-refractivity contribution >= 4 is 16.3 Å². The predicted octanol–water partition coefficient (Wildman–Crippen LogP) is 0.743. The first-order chi connectivity index (χ1) is 12.5. The Kier molecular flexibility index (Phi) is 4.64. The van der Waals surface area contributed by atoms with Gasteiger partial charge < -0.3 is 9.84 Å². The first kappa shape index (κ1) is 17.7. The van der Waals surface area contributed by atoms with E-state index in [0.29, 0.717) is 19.4 Å². The fourth-order valence-corrected chi connectivity index (χ4v) is 5.63. The van der Waals surface area contributed by atoms with E-state index in [1.54, 1.807) is 0 Å². The lowest BCUT2D eigenvalue weighted by molar-refractivity contribution is 0.0301. The molecule has 2 N–H and O–H groups in total. The standard InChI is InChI=1S/C17H23N3O5S/c21-10-8-18-26(23,24)20-15-7-3-4-9-19(15)16-13-6-2-1-5-12(13)11-14(16)25-17(20)22/h1-2,5-6,14-16,18,21H,3-4,7-11H2/t14-,15-,16-/m0/s1. The molecule has 0 radical (unpaired) electrons. The van der Waals surface area contributed by atoms with E-state index in [4.69, 9.17) is 9.84 Å². The van der Waals surface area contributed by atoms with Gasteiger partial charge in [-0.2, -0.15) is 17.4 Å². The summed E-state index contributed by atoms with van der Waals surface area (Å²) in [5.74, 6) is 0. The number of aliphatic hydroxyl groups excluding tert-OH is 1. The number of aliphatic hydroxyl groups is 1. The summed E-state index contributed by atoms with van der Waals surface area (Å²) in [6.07, 6.45) is 1.15. The second-order valence-corrected chi connectivity index (χ2v) is 8.54. The van der Waals surface area contributed by atoms with Crippen LogP contribution in [0.3, 0.4) is 0 Å². The normalized spacial score (nSPS) is 28.7. The molecule has 8 nitrogen and oxygen atoms in total. The number of rotatable bonds is 4. The molecule has 2 saturated heterocycles. The molecule has 9 heteroatoms. The number of carbonyl (C=O) groups is 1. The van der Waals surface area contributed by atoms with Crippen molar-refractivity contribution in [1.82, 2.24) is 13.9 Å². The highest BCUT2D eigenvalue weighted by molar-refractivity contribution is 7.87. The van der Waals surface area contributed by atoms with E-state index in [-0.39, 0.29) is 19.2 Å². The summed E-state index contributed by atoms with van der Waals surface area (Å²) in [4.78, 5) is 14.9. The second-order valence-electron chi connectivity index (χ2n) is 6.90. The third-order valence-electron chi connectivity index (χ3n) is 5.37. The number of hydrogen-bond donors (Lipinski definition) is 2. The monoisotopic (exact) mass is 381 g/mol. The number of nitrogens with zero attached hydrogens (tertiary/aromatic N) is 2. The molecule has 0 saturated carbocycles. The van der Waals surface area contributed by atoms with Crippen LogP contribution < -0.4 is 4.72 Å². The van der Waals surface area contributed by atoms with Crippen LogP contribution in [-0.4, -0.2) is 60.8 Å². The lowest BCUT2D eigenvalue weighted by Gasteiger charge is -2.41. The van der Waals surface area contributed by atoms with Gasteiger partial charge in [0.2, 0.25) is 0 Å². The van der Waals surface area contributed by atoms with Crippen molar-refractivity contribution in [2.75, 3.05) is 19.7 Å². The SMILES string of the molecule is O=C1O[C@H]2Cc3ccccc3[C@@H]2N2CCCC[C@@H]2N1S(=O)(=O)NCCO. The number of benzene rings is 1. The van der Waals surface area contributed by atoms with Crippen LogP contribution in [0.2, 0.25) is 0 Å². The molecule has 4 rings (SSSR count). The van der Waals surface area contributed by atoms with Gasteiger partial charge in [0.25, 0.3) is 0 Å². The van der Waals surface area contributed by atoms with E-state index < -0.39 is 28.6 Å². The zero-order chi connectivity index (χ0) is 18.3. The van der Waals surface area contributed by atoms with Crippen LogP contribution in [0.4, 0.5) is 4.79 Å². The molecule has 2 fully saturated rings. The van der Waals surface area contributed by atoms with Gasteiger partial charge >= 0.3 is 16.3 Å². The molecular weight excluding hydrogens is 358 g/mol. The summed E-state index contributed by atoms with van der Waals surface area (Å²) in [6, 6.07) is 7.87. The maximum Gasteiger partial charge on any atom is 0.426 e. The lowest BCUT2D eigenvalue weighted by atomic mass is 10.0. The van der Waals surface area contributed by atoms with Crippen molar-refractivity contribution in [2.45, 2.75) is 44.0 Å². The number of piperidine rings is 1. The number of ether oxygens (including phenoxy) is 1. The number of fused-ring (bicyclic) bond motifs is 5. The summed E-state index contributed by atoms with van der Waals surface area (Å²) < 4.78 is 34.2. The maximum atomic E-state index is 12.8. The molecule has 26 heavy (non-hydrogen) atoms. The third kappa shape index (κ3) is 2.88. The predicted molar refractivity (Wildman–Crippen MR) is 93.3 cm³/mol. The number of amides is 1. The van der Waals surface area contributed by atoms with E-state index in [0.717, 1.165) is 28.3 Å². The molecule has 2 heterocycles. The maximum absolute atomic E-state index is 12.8. The zero-order valence-corrected chi connectivity index (χ0v) is 15.2. The molecule has 0 unspecified atom stereocenters. The van der Waals surface area contributed by atoms with E-state index in [1.165, 1.54) is 0 Å². The van der Waals surface area contributed by atoms with Gasteiger partial charge in [0.05, 0.1) is 12.6 Å². The van der Waals surface area contributed by atoms with Crippen LogP contribution >= 0.6 is 0 Å². The Balaban J connectivity index is 1.74. The van der Waals surface area contributed by atoms with E-state index in [2.05, 4.69) is 9.62 Å². The van der Waals surface area contributed by atoms with Crippen LogP contribution in [0.25, 0.3) is 0 Å². The molecular formula is C17H23N3O5S. The van der Waals surface area contributed by atoms with Crippen molar-refractivity contribution in [1.29, 1.82) is 0 Å².